The summed E-state index contributed by atoms with van der Waals surface area (Å²) in [5.74, 6) is 1.88. The van der Waals surface area contributed by atoms with Crippen molar-refractivity contribution in [3.8, 4) is 45.3 Å². The Labute approximate surface area is 282 Å². The second kappa shape index (κ2) is 11.0. The van der Waals surface area contributed by atoms with Crippen molar-refractivity contribution < 1.29 is 4.42 Å². The Morgan fingerprint density at radius 3 is 1.53 bits per heavy atom. The molecule has 10 aromatic rings. The van der Waals surface area contributed by atoms with Crippen LogP contribution in [-0.4, -0.2) is 15.0 Å². The molecule has 0 unspecified atom stereocenters. The van der Waals surface area contributed by atoms with Gasteiger partial charge in [-0.05, 0) is 85.9 Å². The van der Waals surface area contributed by atoms with Crippen LogP contribution < -0.4 is 0 Å². The largest absolute Gasteiger partial charge is 0.456 e. The van der Waals surface area contributed by atoms with E-state index in [9.17, 15) is 0 Å². The molecule has 0 saturated heterocycles. The number of benzene rings is 8. The smallest absolute Gasteiger partial charge is 0.164 e. The summed E-state index contributed by atoms with van der Waals surface area (Å²) in [6, 6.07) is 57.1. The zero-order chi connectivity index (χ0) is 32.3. The van der Waals surface area contributed by atoms with E-state index in [1.54, 1.807) is 0 Å². The fourth-order valence-corrected chi connectivity index (χ4v) is 6.96. The van der Waals surface area contributed by atoms with Crippen LogP contribution in [0.2, 0.25) is 0 Å². The Hall–Kier alpha value is -6.65. The number of aromatic nitrogens is 3. The summed E-state index contributed by atoms with van der Waals surface area (Å²) in [6.45, 7) is 0. The zero-order valence-electron chi connectivity index (χ0n) is 26.3. The first-order valence-corrected chi connectivity index (χ1v) is 16.4. The van der Waals surface area contributed by atoms with Crippen molar-refractivity contribution in [2.75, 3.05) is 0 Å². The molecule has 0 fully saturated rings. The Bertz CT molecular complexity index is 2890. The van der Waals surface area contributed by atoms with Crippen molar-refractivity contribution in [2.45, 2.75) is 0 Å². The van der Waals surface area contributed by atoms with Crippen LogP contribution in [0, 0.1) is 0 Å². The van der Waals surface area contributed by atoms with Gasteiger partial charge in [0.05, 0.1) is 0 Å². The highest BCUT2D eigenvalue weighted by Crippen LogP contribution is 2.35. The highest BCUT2D eigenvalue weighted by Gasteiger charge is 2.16. The predicted molar refractivity (Wildman–Crippen MR) is 201 cm³/mol. The Kier molecular flexibility index (Phi) is 6.15. The maximum Gasteiger partial charge on any atom is 0.164 e. The molecule has 0 bridgehead atoms. The number of rotatable bonds is 4. The van der Waals surface area contributed by atoms with Gasteiger partial charge >= 0.3 is 0 Å². The van der Waals surface area contributed by atoms with Crippen LogP contribution in [-0.2, 0) is 0 Å². The minimum atomic E-state index is 0.615. The second-order valence-electron chi connectivity index (χ2n) is 12.5. The third kappa shape index (κ3) is 4.73. The highest BCUT2D eigenvalue weighted by atomic mass is 16.3. The third-order valence-corrected chi connectivity index (χ3v) is 9.48. The fraction of sp³-hybridized carbons (Fsp3) is 0. The summed E-state index contributed by atoms with van der Waals surface area (Å²) in [4.78, 5) is 15.3. The first-order chi connectivity index (χ1) is 24.2. The molecule has 0 aliphatic carbocycles. The van der Waals surface area contributed by atoms with Gasteiger partial charge in [0.15, 0.2) is 17.5 Å². The standard InChI is InChI=1S/C45H27N3O/c1-2-8-28(9-3-1)31-17-18-33-25-34(21-19-32(33)24-31)43-46-44(35-20-16-30-15-14-29-10-4-5-11-37(29)39(30)26-35)48-45(47-43)36-22-23-42-40(27-36)38-12-6-7-13-41(38)49-42/h1-27H. The molecule has 8 aromatic carbocycles. The zero-order valence-corrected chi connectivity index (χ0v) is 26.3. The van der Waals surface area contributed by atoms with Crippen molar-refractivity contribution in [3.05, 3.63) is 164 Å². The van der Waals surface area contributed by atoms with Gasteiger partial charge in [-0.1, -0.05) is 121 Å². The molecule has 0 aliphatic heterocycles. The molecule has 49 heavy (non-hydrogen) atoms. The van der Waals surface area contributed by atoms with Gasteiger partial charge < -0.3 is 4.42 Å². The van der Waals surface area contributed by atoms with Crippen LogP contribution in [0.3, 0.4) is 0 Å². The minimum absolute atomic E-state index is 0.615. The quantitative estimate of drug-likeness (QED) is 0.183. The predicted octanol–water partition coefficient (Wildman–Crippen LogP) is 11.9. The van der Waals surface area contributed by atoms with Gasteiger partial charge in [-0.25, -0.2) is 15.0 Å². The molecule has 4 nitrogen and oxygen atoms in total. The average molecular weight is 626 g/mol. The molecule has 10 rings (SSSR count). The van der Waals surface area contributed by atoms with Crippen molar-refractivity contribution >= 4 is 54.3 Å². The minimum Gasteiger partial charge on any atom is -0.456 e. The Balaban J connectivity index is 1.16. The van der Waals surface area contributed by atoms with E-state index >= 15 is 0 Å². The van der Waals surface area contributed by atoms with E-state index in [2.05, 4.69) is 127 Å². The van der Waals surface area contributed by atoms with Crippen LogP contribution in [0.4, 0.5) is 0 Å². The van der Waals surface area contributed by atoms with Crippen molar-refractivity contribution in [1.29, 1.82) is 0 Å². The van der Waals surface area contributed by atoms with Gasteiger partial charge in [0.25, 0.3) is 0 Å². The van der Waals surface area contributed by atoms with E-state index < -0.39 is 0 Å². The lowest BCUT2D eigenvalue weighted by Gasteiger charge is -2.11. The molecule has 0 atom stereocenters. The number of nitrogens with zero attached hydrogens (tertiary/aromatic N) is 3. The van der Waals surface area contributed by atoms with Gasteiger partial charge in [-0.2, -0.15) is 0 Å². The van der Waals surface area contributed by atoms with Crippen LogP contribution in [0.1, 0.15) is 0 Å². The summed E-state index contributed by atoms with van der Waals surface area (Å²) in [5.41, 5.74) is 6.88. The Morgan fingerprint density at radius 1 is 0.286 bits per heavy atom. The van der Waals surface area contributed by atoms with Crippen LogP contribution in [0.25, 0.3) is 99.5 Å². The molecule has 4 heteroatoms. The Morgan fingerprint density at radius 2 is 0.776 bits per heavy atom. The monoisotopic (exact) mass is 625 g/mol. The first kappa shape index (κ1) is 27.5. The van der Waals surface area contributed by atoms with E-state index in [0.29, 0.717) is 17.5 Å². The molecule has 0 radical (unpaired) electrons. The number of para-hydroxylation sites is 1. The van der Waals surface area contributed by atoms with Crippen molar-refractivity contribution in [3.63, 3.8) is 0 Å². The molecule has 0 aliphatic rings. The lowest BCUT2D eigenvalue weighted by molar-refractivity contribution is 0.669. The summed E-state index contributed by atoms with van der Waals surface area (Å²) < 4.78 is 6.13. The third-order valence-electron chi connectivity index (χ3n) is 9.48. The maximum atomic E-state index is 6.13. The highest BCUT2D eigenvalue weighted by molar-refractivity contribution is 6.09. The lowest BCUT2D eigenvalue weighted by Crippen LogP contribution is -2.00. The molecule has 2 heterocycles. The SMILES string of the molecule is c1ccc(-c2ccc3cc(-c4nc(-c5ccc6ccc7ccccc7c6c5)nc(-c5ccc6oc7ccccc7c6c5)n4)ccc3c2)cc1. The molecule has 228 valence electrons. The molecule has 2 aromatic heterocycles. The number of hydrogen-bond acceptors (Lipinski definition) is 4. The molecular weight excluding hydrogens is 599 g/mol. The van der Waals surface area contributed by atoms with Gasteiger partial charge in [0.2, 0.25) is 0 Å². The van der Waals surface area contributed by atoms with Gasteiger partial charge in [0.1, 0.15) is 11.2 Å². The van der Waals surface area contributed by atoms with Crippen LogP contribution >= 0.6 is 0 Å². The summed E-state index contributed by atoms with van der Waals surface area (Å²) >= 11 is 0. The molecular formula is C45H27N3O. The number of fused-ring (bicyclic) bond motifs is 7. The van der Waals surface area contributed by atoms with E-state index in [4.69, 9.17) is 19.4 Å². The van der Waals surface area contributed by atoms with Crippen LogP contribution in [0.15, 0.2) is 168 Å². The molecule has 0 amide bonds. The first-order valence-electron chi connectivity index (χ1n) is 16.4. The van der Waals surface area contributed by atoms with E-state index in [-0.39, 0.29) is 0 Å². The van der Waals surface area contributed by atoms with E-state index in [1.807, 2.05) is 36.4 Å². The second-order valence-corrected chi connectivity index (χ2v) is 12.5. The van der Waals surface area contributed by atoms with Crippen molar-refractivity contribution in [2.24, 2.45) is 0 Å². The summed E-state index contributed by atoms with van der Waals surface area (Å²) in [7, 11) is 0. The number of hydrogen-bond donors (Lipinski definition) is 0. The lowest BCUT2D eigenvalue weighted by atomic mass is 9.99. The normalized spacial score (nSPS) is 11.7. The topological polar surface area (TPSA) is 51.8 Å². The average Bonchev–Trinajstić information content (AvgIpc) is 3.55. The van der Waals surface area contributed by atoms with Crippen molar-refractivity contribution in [1.82, 2.24) is 15.0 Å². The van der Waals surface area contributed by atoms with E-state index in [0.717, 1.165) is 44.0 Å². The van der Waals surface area contributed by atoms with Gasteiger partial charge in [0, 0.05) is 27.5 Å². The number of furan rings is 1. The summed E-state index contributed by atoms with van der Waals surface area (Å²) in [6.07, 6.45) is 0. The van der Waals surface area contributed by atoms with E-state index in [1.165, 1.54) is 38.1 Å². The summed E-state index contributed by atoms with van der Waals surface area (Å²) in [5, 5.41) is 9.16. The van der Waals surface area contributed by atoms with Gasteiger partial charge in [-0.3, -0.25) is 0 Å². The fourth-order valence-electron chi connectivity index (χ4n) is 6.96. The van der Waals surface area contributed by atoms with Crippen LogP contribution in [0.5, 0.6) is 0 Å². The molecule has 0 N–H and O–H groups in total. The maximum absolute atomic E-state index is 6.13. The molecule has 0 saturated carbocycles. The molecule has 0 spiro atoms. The van der Waals surface area contributed by atoms with Gasteiger partial charge in [-0.15, -0.1) is 0 Å².